The van der Waals surface area contributed by atoms with Crippen molar-refractivity contribution in [3.63, 3.8) is 0 Å². The molecule has 0 aromatic carbocycles. The molecule has 116 valence electrons. The number of amides is 1. The summed E-state index contributed by atoms with van der Waals surface area (Å²) in [5.41, 5.74) is 5.99. The number of hydrogen-bond acceptors (Lipinski definition) is 5. The Kier molecular flexibility index (Phi) is 3.97. The summed E-state index contributed by atoms with van der Waals surface area (Å²) in [6.07, 6.45) is 4.28. The van der Waals surface area contributed by atoms with Crippen molar-refractivity contribution < 1.29 is 9.32 Å². The summed E-state index contributed by atoms with van der Waals surface area (Å²) in [6, 6.07) is -0.420. The zero-order chi connectivity index (χ0) is 15.0. The SMILES string of the molecule is CC(C)[C@H](N)C(=O)N1CCCC(c2noc(C3CC3)n2)C1. The van der Waals surface area contributed by atoms with E-state index in [1.165, 1.54) is 0 Å². The number of nitrogens with zero attached hydrogens (tertiary/aromatic N) is 3. The molecule has 3 rings (SSSR count). The number of hydrogen-bond donors (Lipinski definition) is 1. The molecule has 6 heteroatoms. The molecule has 1 saturated carbocycles. The number of carbonyl (C=O) groups is 1. The first-order valence-electron chi connectivity index (χ1n) is 7.94. The first kappa shape index (κ1) is 14.5. The lowest BCUT2D eigenvalue weighted by atomic mass is 9.95. The van der Waals surface area contributed by atoms with E-state index >= 15 is 0 Å². The summed E-state index contributed by atoms with van der Waals surface area (Å²) in [6.45, 7) is 5.39. The lowest BCUT2D eigenvalue weighted by Gasteiger charge is -2.33. The van der Waals surface area contributed by atoms with Gasteiger partial charge < -0.3 is 15.2 Å². The lowest BCUT2D eigenvalue weighted by Crippen LogP contribution is -2.49. The molecular weight excluding hydrogens is 268 g/mol. The topological polar surface area (TPSA) is 85.3 Å². The molecule has 1 aromatic rings. The van der Waals surface area contributed by atoms with E-state index in [2.05, 4.69) is 10.1 Å². The van der Waals surface area contributed by atoms with E-state index in [0.29, 0.717) is 12.5 Å². The highest BCUT2D eigenvalue weighted by molar-refractivity contribution is 5.82. The van der Waals surface area contributed by atoms with Crippen molar-refractivity contribution in [1.82, 2.24) is 15.0 Å². The van der Waals surface area contributed by atoms with Crippen molar-refractivity contribution in [2.45, 2.75) is 57.4 Å². The van der Waals surface area contributed by atoms with Gasteiger partial charge in [-0.2, -0.15) is 4.98 Å². The summed E-state index contributed by atoms with van der Waals surface area (Å²) in [5, 5.41) is 4.12. The van der Waals surface area contributed by atoms with E-state index in [-0.39, 0.29) is 17.7 Å². The number of likely N-dealkylation sites (tertiary alicyclic amines) is 1. The Bertz CT molecular complexity index is 510. The molecule has 2 N–H and O–H groups in total. The maximum Gasteiger partial charge on any atom is 0.239 e. The summed E-state index contributed by atoms with van der Waals surface area (Å²) in [5.74, 6) is 2.38. The normalized spacial score (nSPS) is 24.4. The molecule has 0 radical (unpaired) electrons. The van der Waals surface area contributed by atoms with Crippen molar-refractivity contribution in [2.75, 3.05) is 13.1 Å². The predicted octanol–water partition coefficient (Wildman–Crippen LogP) is 1.64. The van der Waals surface area contributed by atoms with E-state index < -0.39 is 6.04 Å². The molecule has 21 heavy (non-hydrogen) atoms. The highest BCUT2D eigenvalue weighted by Crippen LogP contribution is 2.39. The van der Waals surface area contributed by atoms with Crippen molar-refractivity contribution in [2.24, 2.45) is 11.7 Å². The molecule has 1 saturated heterocycles. The summed E-state index contributed by atoms with van der Waals surface area (Å²) in [7, 11) is 0. The Labute approximate surface area is 125 Å². The van der Waals surface area contributed by atoms with Crippen LogP contribution in [-0.4, -0.2) is 40.1 Å². The standard InChI is InChI=1S/C15H24N4O2/c1-9(2)12(16)15(20)19-7-3-4-11(8-19)13-17-14(21-18-13)10-5-6-10/h9-12H,3-8,16H2,1-2H3/t11?,12-/m0/s1. The average molecular weight is 292 g/mol. The lowest BCUT2D eigenvalue weighted by molar-refractivity contribution is -0.134. The van der Waals surface area contributed by atoms with E-state index in [4.69, 9.17) is 10.3 Å². The van der Waals surface area contributed by atoms with Gasteiger partial charge in [0.15, 0.2) is 5.82 Å². The third kappa shape index (κ3) is 3.10. The van der Waals surface area contributed by atoms with E-state index in [1.807, 2.05) is 18.7 Å². The molecule has 2 aliphatic rings. The van der Waals surface area contributed by atoms with Crippen LogP contribution < -0.4 is 5.73 Å². The molecule has 2 fully saturated rings. The third-order valence-electron chi connectivity index (χ3n) is 4.49. The highest BCUT2D eigenvalue weighted by atomic mass is 16.5. The van der Waals surface area contributed by atoms with Gasteiger partial charge in [0.1, 0.15) is 0 Å². The van der Waals surface area contributed by atoms with Crippen LogP contribution in [0.4, 0.5) is 0 Å². The number of aromatic nitrogens is 2. The number of nitrogens with two attached hydrogens (primary N) is 1. The monoisotopic (exact) mass is 292 g/mol. The Morgan fingerprint density at radius 3 is 2.76 bits per heavy atom. The fourth-order valence-electron chi connectivity index (χ4n) is 2.79. The van der Waals surface area contributed by atoms with Crippen LogP contribution in [0.25, 0.3) is 0 Å². The molecule has 1 amide bonds. The minimum absolute atomic E-state index is 0.0422. The van der Waals surface area contributed by atoms with Gasteiger partial charge in [0.05, 0.1) is 6.04 Å². The molecule has 2 heterocycles. The first-order valence-corrected chi connectivity index (χ1v) is 7.94. The quantitative estimate of drug-likeness (QED) is 0.911. The molecule has 2 atom stereocenters. The largest absolute Gasteiger partial charge is 0.341 e. The molecular formula is C15H24N4O2. The summed E-state index contributed by atoms with van der Waals surface area (Å²) in [4.78, 5) is 18.8. The number of piperidine rings is 1. The van der Waals surface area contributed by atoms with Crippen LogP contribution in [0.15, 0.2) is 4.52 Å². The second-order valence-corrected chi connectivity index (χ2v) is 6.66. The fourth-order valence-corrected chi connectivity index (χ4v) is 2.79. The van der Waals surface area contributed by atoms with Gasteiger partial charge in [0.2, 0.25) is 11.8 Å². The van der Waals surface area contributed by atoms with Gasteiger partial charge in [-0.05, 0) is 31.6 Å². The molecule has 0 spiro atoms. The molecule has 1 aliphatic carbocycles. The Hall–Kier alpha value is -1.43. The molecule has 6 nitrogen and oxygen atoms in total. The number of carbonyl (C=O) groups excluding carboxylic acids is 1. The van der Waals surface area contributed by atoms with Gasteiger partial charge in [-0.25, -0.2) is 0 Å². The van der Waals surface area contributed by atoms with Gasteiger partial charge in [0.25, 0.3) is 0 Å². The fraction of sp³-hybridized carbons (Fsp3) is 0.800. The van der Waals surface area contributed by atoms with Gasteiger partial charge in [-0.3, -0.25) is 4.79 Å². The maximum absolute atomic E-state index is 12.4. The number of rotatable bonds is 4. The Morgan fingerprint density at radius 2 is 2.10 bits per heavy atom. The van der Waals surface area contributed by atoms with Crippen molar-refractivity contribution >= 4 is 5.91 Å². The van der Waals surface area contributed by atoms with Gasteiger partial charge >= 0.3 is 0 Å². The van der Waals surface area contributed by atoms with Crippen LogP contribution in [0.5, 0.6) is 0 Å². The summed E-state index contributed by atoms with van der Waals surface area (Å²) < 4.78 is 5.33. The minimum atomic E-state index is -0.420. The van der Waals surface area contributed by atoms with Crippen LogP contribution >= 0.6 is 0 Å². The van der Waals surface area contributed by atoms with Gasteiger partial charge in [0, 0.05) is 24.9 Å². The van der Waals surface area contributed by atoms with Crippen molar-refractivity contribution in [1.29, 1.82) is 0 Å². The molecule has 1 unspecified atom stereocenters. The van der Waals surface area contributed by atoms with E-state index in [1.54, 1.807) is 0 Å². The van der Waals surface area contributed by atoms with Crippen molar-refractivity contribution in [3.8, 4) is 0 Å². The van der Waals surface area contributed by atoms with Gasteiger partial charge in [-0.1, -0.05) is 19.0 Å². The maximum atomic E-state index is 12.4. The van der Waals surface area contributed by atoms with Crippen molar-refractivity contribution in [3.05, 3.63) is 11.7 Å². The average Bonchev–Trinajstić information content (AvgIpc) is 3.23. The molecule has 1 aliphatic heterocycles. The van der Waals surface area contributed by atoms with E-state index in [9.17, 15) is 4.79 Å². The highest BCUT2D eigenvalue weighted by Gasteiger charge is 2.34. The second-order valence-electron chi connectivity index (χ2n) is 6.66. The van der Waals surface area contributed by atoms with Crippen LogP contribution in [-0.2, 0) is 4.79 Å². The summed E-state index contributed by atoms with van der Waals surface area (Å²) >= 11 is 0. The second kappa shape index (κ2) is 5.75. The Balaban J connectivity index is 1.65. The zero-order valence-corrected chi connectivity index (χ0v) is 12.8. The van der Waals surface area contributed by atoms with Crippen LogP contribution in [0, 0.1) is 5.92 Å². The van der Waals surface area contributed by atoms with E-state index in [0.717, 1.165) is 43.9 Å². The first-order chi connectivity index (χ1) is 10.1. The van der Waals surface area contributed by atoms with Crippen LogP contribution in [0.2, 0.25) is 0 Å². The molecule has 1 aromatic heterocycles. The Morgan fingerprint density at radius 1 is 1.33 bits per heavy atom. The van der Waals surface area contributed by atoms with Gasteiger partial charge in [-0.15, -0.1) is 0 Å². The predicted molar refractivity (Wildman–Crippen MR) is 77.6 cm³/mol. The van der Waals surface area contributed by atoms with Crippen LogP contribution in [0.1, 0.15) is 63.1 Å². The zero-order valence-electron chi connectivity index (χ0n) is 12.8. The third-order valence-corrected chi connectivity index (χ3v) is 4.49. The minimum Gasteiger partial charge on any atom is -0.341 e. The van der Waals surface area contributed by atoms with Crippen LogP contribution in [0.3, 0.4) is 0 Å². The molecule has 0 bridgehead atoms. The smallest absolute Gasteiger partial charge is 0.239 e.